The second-order valence-electron chi connectivity index (χ2n) is 4.99. The SMILES string of the molecule is C1=CC=C(c2c3ccccc3nc3ccccc23)NC=C1. The second-order valence-corrected chi connectivity index (χ2v) is 4.99. The van der Waals surface area contributed by atoms with Gasteiger partial charge in [0.15, 0.2) is 0 Å². The minimum atomic E-state index is 1.02. The van der Waals surface area contributed by atoms with Crippen LogP contribution in [0, 0.1) is 0 Å². The fraction of sp³-hybridized carbons (Fsp3) is 0. The molecule has 21 heavy (non-hydrogen) atoms. The predicted octanol–water partition coefficient (Wildman–Crippen LogP) is 4.40. The number of hydrogen-bond acceptors (Lipinski definition) is 2. The quantitative estimate of drug-likeness (QED) is 0.663. The smallest absolute Gasteiger partial charge is 0.0716 e. The predicted molar refractivity (Wildman–Crippen MR) is 88.6 cm³/mol. The van der Waals surface area contributed by atoms with Gasteiger partial charge in [0.05, 0.1) is 11.0 Å². The van der Waals surface area contributed by atoms with E-state index in [0.717, 1.165) is 16.7 Å². The molecule has 0 radical (unpaired) electrons. The summed E-state index contributed by atoms with van der Waals surface area (Å²) in [5, 5.41) is 5.70. The van der Waals surface area contributed by atoms with Crippen LogP contribution in [0.4, 0.5) is 0 Å². The fourth-order valence-corrected chi connectivity index (χ4v) is 2.74. The summed E-state index contributed by atoms with van der Waals surface area (Å²) in [5.74, 6) is 0. The molecule has 0 bridgehead atoms. The van der Waals surface area contributed by atoms with Crippen molar-refractivity contribution in [2.24, 2.45) is 0 Å². The minimum Gasteiger partial charge on any atom is -0.361 e. The Hall–Kier alpha value is -2.87. The zero-order chi connectivity index (χ0) is 14.1. The van der Waals surface area contributed by atoms with Gasteiger partial charge in [-0.05, 0) is 24.3 Å². The molecule has 0 aliphatic carbocycles. The van der Waals surface area contributed by atoms with Crippen LogP contribution < -0.4 is 5.32 Å². The van der Waals surface area contributed by atoms with Crippen LogP contribution >= 0.6 is 0 Å². The van der Waals surface area contributed by atoms with Crippen LogP contribution in [0.2, 0.25) is 0 Å². The van der Waals surface area contributed by atoms with Gasteiger partial charge in [0.25, 0.3) is 0 Å². The highest BCUT2D eigenvalue weighted by molar-refractivity contribution is 6.05. The Bertz CT molecular complexity index is 863. The molecule has 0 spiro atoms. The average molecular weight is 270 g/mol. The standard InChI is InChI=1S/C19H14N2/c1-2-12-18(20-13-7-1)19-14-8-3-5-10-16(14)21-17-11-6-4-9-15(17)19/h1-13,20H. The van der Waals surface area contributed by atoms with E-state index in [4.69, 9.17) is 4.98 Å². The van der Waals surface area contributed by atoms with Crippen molar-refractivity contribution in [3.63, 3.8) is 0 Å². The number of nitrogens with zero attached hydrogens (tertiary/aromatic N) is 1. The first kappa shape index (κ1) is 11.9. The number of hydrogen-bond donors (Lipinski definition) is 1. The first-order valence-electron chi connectivity index (χ1n) is 7.01. The molecule has 1 aliphatic heterocycles. The van der Waals surface area contributed by atoms with E-state index in [0.29, 0.717) is 0 Å². The van der Waals surface area contributed by atoms with Crippen molar-refractivity contribution in [1.29, 1.82) is 0 Å². The summed E-state index contributed by atoms with van der Waals surface area (Å²) in [4.78, 5) is 4.77. The molecule has 1 aromatic heterocycles. The molecule has 3 aromatic rings. The number of pyridine rings is 1. The summed E-state index contributed by atoms with van der Waals surface area (Å²) in [6.45, 7) is 0. The maximum atomic E-state index is 4.77. The fourth-order valence-electron chi connectivity index (χ4n) is 2.74. The highest BCUT2D eigenvalue weighted by atomic mass is 14.9. The summed E-state index contributed by atoms with van der Waals surface area (Å²) < 4.78 is 0. The Morgan fingerprint density at radius 2 is 1.38 bits per heavy atom. The number of para-hydroxylation sites is 2. The first-order valence-corrected chi connectivity index (χ1v) is 7.01. The molecule has 2 aromatic carbocycles. The molecule has 0 unspecified atom stereocenters. The number of nitrogens with one attached hydrogen (secondary N) is 1. The molecule has 2 heteroatoms. The van der Waals surface area contributed by atoms with Crippen molar-refractivity contribution >= 4 is 27.5 Å². The lowest BCUT2D eigenvalue weighted by Crippen LogP contribution is -2.05. The van der Waals surface area contributed by atoms with Gasteiger partial charge in [0, 0.05) is 28.2 Å². The van der Waals surface area contributed by atoms with E-state index in [9.17, 15) is 0 Å². The molecule has 4 rings (SSSR count). The van der Waals surface area contributed by atoms with Gasteiger partial charge in [-0.15, -0.1) is 0 Å². The van der Waals surface area contributed by atoms with Crippen molar-refractivity contribution in [3.05, 3.63) is 84.6 Å². The van der Waals surface area contributed by atoms with E-state index in [-0.39, 0.29) is 0 Å². The molecular weight excluding hydrogens is 256 g/mol. The third kappa shape index (κ3) is 2.01. The number of allylic oxidation sites excluding steroid dienone is 4. The Balaban J connectivity index is 2.14. The molecule has 0 saturated heterocycles. The normalized spacial score (nSPS) is 14.0. The van der Waals surface area contributed by atoms with Gasteiger partial charge in [-0.2, -0.15) is 0 Å². The number of rotatable bonds is 1. The molecule has 0 amide bonds. The van der Waals surface area contributed by atoms with Crippen molar-refractivity contribution in [2.75, 3.05) is 0 Å². The van der Waals surface area contributed by atoms with Crippen LogP contribution in [0.1, 0.15) is 5.56 Å². The number of fused-ring (bicyclic) bond motifs is 2. The molecule has 0 atom stereocenters. The van der Waals surface area contributed by atoms with Crippen molar-refractivity contribution < 1.29 is 0 Å². The molecule has 0 saturated carbocycles. The highest BCUT2D eigenvalue weighted by Crippen LogP contribution is 2.30. The molecule has 1 aliphatic rings. The van der Waals surface area contributed by atoms with E-state index in [1.165, 1.54) is 16.3 Å². The van der Waals surface area contributed by atoms with Gasteiger partial charge in [-0.25, -0.2) is 4.98 Å². The third-order valence-corrected chi connectivity index (χ3v) is 3.68. The average Bonchev–Trinajstić information content (AvgIpc) is 2.81. The van der Waals surface area contributed by atoms with Crippen LogP contribution in [-0.2, 0) is 0 Å². The molecule has 2 nitrogen and oxygen atoms in total. The highest BCUT2D eigenvalue weighted by Gasteiger charge is 2.12. The lowest BCUT2D eigenvalue weighted by Gasteiger charge is -2.13. The molecule has 100 valence electrons. The minimum absolute atomic E-state index is 1.02. The van der Waals surface area contributed by atoms with Crippen LogP contribution in [-0.4, -0.2) is 4.98 Å². The maximum absolute atomic E-state index is 4.77. The van der Waals surface area contributed by atoms with Crippen LogP contribution in [0.25, 0.3) is 27.5 Å². The van der Waals surface area contributed by atoms with Gasteiger partial charge >= 0.3 is 0 Å². The zero-order valence-corrected chi connectivity index (χ0v) is 11.5. The topological polar surface area (TPSA) is 24.9 Å². The van der Waals surface area contributed by atoms with E-state index in [1.807, 2.05) is 30.5 Å². The molecular formula is C19H14N2. The Morgan fingerprint density at radius 3 is 2.10 bits per heavy atom. The molecule has 2 heterocycles. The van der Waals surface area contributed by atoms with Gasteiger partial charge in [-0.3, -0.25) is 0 Å². The lowest BCUT2D eigenvalue weighted by atomic mass is 9.99. The van der Waals surface area contributed by atoms with E-state index >= 15 is 0 Å². The van der Waals surface area contributed by atoms with Gasteiger partial charge in [0.2, 0.25) is 0 Å². The van der Waals surface area contributed by atoms with Crippen LogP contribution in [0.3, 0.4) is 0 Å². The van der Waals surface area contributed by atoms with E-state index in [1.54, 1.807) is 0 Å². The summed E-state index contributed by atoms with van der Waals surface area (Å²) in [6.07, 6.45) is 10.1. The van der Waals surface area contributed by atoms with Crippen molar-refractivity contribution in [1.82, 2.24) is 10.3 Å². The monoisotopic (exact) mass is 270 g/mol. The van der Waals surface area contributed by atoms with Crippen LogP contribution in [0.15, 0.2) is 79.0 Å². The lowest BCUT2D eigenvalue weighted by molar-refractivity contribution is 1.23. The number of aromatic nitrogens is 1. The van der Waals surface area contributed by atoms with Crippen LogP contribution in [0.5, 0.6) is 0 Å². The molecule has 1 N–H and O–H groups in total. The van der Waals surface area contributed by atoms with Gasteiger partial charge in [-0.1, -0.05) is 48.6 Å². The van der Waals surface area contributed by atoms with E-state index in [2.05, 4.69) is 53.9 Å². The number of benzene rings is 2. The summed E-state index contributed by atoms with van der Waals surface area (Å²) in [7, 11) is 0. The summed E-state index contributed by atoms with van der Waals surface area (Å²) in [5.41, 5.74) is 4.33. The zero-order valence-electron chi connectivity index (χ0n) is 11.5. The Morgan fingerprint density at radius 1 is 0.714 bits per heavy atom. The van der Waals surface area contributed by atoms with Gasteiger partial charge in [0.1, 0.15) is 0 Å². The third-order valence-electron chi connectivity index (χ3n) is 3.68. The summed E-state index contributed by atoms with van der Waals surface area (Å²) >= 11 is 0. The maximum Gasteiger partial charge on any atom is 0.0716 e. The molecule has 0 fully saturated rings. The summed E-state index contributed by atoms with van der Waals surface area (Å²) in [6, 6.07) is 16.6. The van der Waals surface area contributed by atoms with E-state index < -0.39 is 0 Å². The first-order chi connectivity index (χ1) is 10.4. The Kier molecular flexibility index (Phi) is 2.79. The van der Waals surface area contributed by atoms with Crippen molar-refractivity contribution in [3.8, 4) is 0 Å². The van der Waals surface area contributed by atoms with Gasteiger partial charge < -0.3 is 5.32 Å². The van der Waals surface area contributed by atoms with Crippen molar-refractivity contribution in [2.45, 2.75) is 0 Å². The second kappa shape index (κ2) is 4.91. The Labute approximate surface area is 123 Å². The largest absolute Gasteiger partial charge is 0.361 e.